The molecule has 1 aromatic carbocycles. The Kier molecular flexibility index (Phi) is 3.71. The fourth-order valence-electron chi connectivity index (χ4n) is 3.04. The van der Waals surface area contributed by atoms with Gasteiger partial charge in [-0.05, 0) is 25.5 Å². The molecule has 4 rings (SSSR count). The topological polar surface area (TPSA) is 59.2 Å². The minimum absolute atomic E-state index is 0.0328. The molecule has 0 atom stereocenters. The lowest BCUT2D eigenvalue weighted by Gasteiger charge is -2.31. The van der Waals surface area contributed by atoms with Crippen molar-refractivity contribution in [3.8, 4) is 11.3 Å². The van der Waals surface area contributed by atoms with E-state index in [1.54, 1.807) is 11.8 Å². The summed E-state index contributed by atoms with van der Waals surface area (Å²) in [5.74, 6) is -0.249. The van der Waals surface area contributed by atoms with Gasteiger partial charge in [0.25, 0.3) is 11.6 Å². The van der Waals surface area contributed by atoms with Gasteiger partial charge in [0, 0.05) is 18.7 Å². The van der Waals surface area contributed by atoms with E-state index in [2.05, 4.69) is 10.1 Å². The Balaban J connectivity index is 1.94. The third-order valence-corrected chi connectivity index (χ3v) is 4.50. The fourth-order valence-corrected chi connectivity index (χ4v) is 3.04. The molecule has 0 bridgehead atoms. The maximum atomic E-state index is 13.4. The maximum absolute atomic E-state index is 13.4. The van der Waals surface area contributed by atoms with Crippen molar-refractivity contribution in [1.29, 1.82) is 0 Å². The highest BCUT2D eigenvalue weighted by Crippen LogP contribution is 2.37. The summed E-state index contributed by atoms with van der Waals surface area (Å²) in [6.45, 7) is 2.92. The van der Waals surface area contributed by atoms with E-state index < -0.39 is 11.7 Å². The van der Waals surface area contributed by atoms with E-state index in [0.29, 0.717) is 24.2 Å². The van der Waals surface area contributed by atoms with Gasteiger partial charge in [0.15, 0.2) is 0 Å². The summed E-state index contributed by atoms with van der Waals surface area (Å²) in [6.07, 6.45) is -3.63. The molecule has 1 aliphatic heterocycles. The zero-order valence-corrected chi connectivity index (χ0v) is 13.8. The molecule has 0 saturated carbocycles. The second-order valence-electron chi connectivity index (χ2n) is 6.19. The number of fused-ring (bicyclic) bond motifs is 1. The van der Waals surface area contributed by atoms with Crippen LogP contribution in [0.1, 0.15) is 28.0 Å². The van der Waals surface area contributed by atoms with Crippen molar-refractivity contribution < 1.29 is 22.5 Å². The van der Waals surface area contributed by atoms with Gasteiger partial charge in [-0.15, -0.1) is 0 Å². The number of aromatic nitrogens is 2. The Morgan fingerprint density at radius 1 is 1.23 bits per heavy atom. The van der Waals surface area contributed by atoms with Gasteiger partial charge in [0.05, 0.1) is 27.9 Å². The third-order valence-electron chi connectivity index (χ3n) is 4.50. The number of hydrogen-bond donors (Lipinski definition) is 0. The van der Waals surface area contributed by atoms with Gasteiger partial charge in [0.1, 0.15) is 0 Å². The zero-order valence-electron chi connectivity index (χ0n) is 13.8. The zero-order chi connectivity index (χ0) is 18.5. The predicted octanol–water partition coefficient (Wildman–Crippen LogP) is 4.06. The minimum atomic E-state index is -4.54. The normalized spacial score (nSPS) is 14.5. The van der Waals surface area contributed by atoms with E-state index in [9.17, 15) is 18.0 Å². The lowest BCUT2D eigenvalue weighted by molar-refractivity contribution is -0.137. The van der Waals surface area contributed by atoms with Crippen LogP contribution in [0.3, 0.4) is 0 Å². The number of amides is 1. The molecule has 8 heteroatoms. The van der Waals surface area contributed by atoms with E-state index in [1.165, 1.54) is 24.3 Å². The predicted molar refractivity (Wildman–Crippen MR) is 87.5 cm³/mol. The number of benzene rings is 1. The smallest absolute Gasteiger partial charge is 0.338 e. The van der Waals surface area contributed by atoms with Crippen LogP contribution in [0.5, 0.6) is 0 Å². The monoisotopic (exact) mass is 361 g/mol. The van der Waals surface area contributed by atoms with Gasteiger partial charge in [-0.25, -0.2) is 4.98 Å². The molecule has 1 aliphatic rings. The van der Waals surface area contributed by atoms with Crippen molar-refractivity contribution >= 4 is 17.0 Å². The number of rotatable bonds is 2. The molecule has 26 heavy (non-hydrogen) atoms. The van der Waals surface area contributed by atoms with Crippen LogP contribution in [0.15, 0.2) is 34.9 Å². The fraction of sp³-hybridized carbons (Fsp3) is 0.278. The van der Waals surface area contributed by atoms with Crippen LogP contribution >= 0.6 is 0 Å². The lowest BCUT2D eigenvalue weighted by Crippen LogP contribution is -2.42. The number of halogens is 3. The van der Waals surface area contributed by atoms with Crippen LogP contribution in [0, 0.1) is 6.92 Å². The van der Waals surface area contributed by atoms with E-state index >= 15 is 0 Å². The van der Waals surface area contributed by atoms with Crippen LogP contribution in [0.2, 0.25) is 0 Å². The first-order chi connectivity index (χ1) is 12.4. The molecule has 5 nitrogen and oxygen atoms in total. The number of hydrogen-bond acceptors (Lipinski definition) is 4. The molecule has 3 heterocycles. The van der Waals surface area contributed by atoms with Crippen LogP contribution < -0.4 is 0 Å². The molecule has 1 saturated heterocycles. The number of carbonyl (C=O) groups is 1. The Morgan fingerprint density at radius 3 is 2.62 bits per heavy atom. The number of alkyl halides is 3. The first kappa shape index (κ1) is 16.6. The van der Waals surface area contributed by atoms with E-state index in [4.69, 9.17) is 4.52 Å². The summed E-state index contributed by atoms with van der Waals surface area (Å²) in [5.41, 5.74) is -0.0854. The first-order valence-electron chi connectivity index (χ1n) is 8.09. The molecule has 2 aromatic heterocycles. The van der Waals surface area contributed by atoms with Crippen molar-refractivity contribution in [2.75, 3.05) is 13.1 Å². The van der Waals surface area contributed by atoms with Crippen LogP contribution in [0.25, 0.3) is 22.4 Å². The van der Waals surface area contributed by atoms with Crippen molar-refractivity contribution in [3.05, 3.63) is 47.2 Å². The minimum Gasteiger partial charge on any atom is -0.338 e. The number of nitrogens with zero attached hydrogens (tertiary/aromatic N) is 3. The Hall–Kier alpha value is -2.90. The van der Waals surface area contributed by atoms with Gasteiger partial charge in [-0.2, -0.15) is 13.2 Å². The molecule has 0 aliphatic carbocycles. The van der Waals surface area contributed by atoms with E-state index in [1.807, 2.05) is 0 Å². The molecule has 0 spiro atoms. The number of aryl methyl sites for hydroxylation is 1. The highest BCUT2D eigenvalue weighted by atomic mass is 19.4. The molecule has 3 aromatic rings. The molecule has 0 N–H and O–H groups in total. The lowest BCUT2D eigenvalue weighted by atomic mass is 10.00. The summed E-state index contributed by atoms with van der Waals surface area (Å²) in [7, 11) is 0. The number of pyridine rings is 1. The van der Waals surface area contributed by atoms with Crippen LogP contribution in [-0.4, -0.2) is 34.0 Å². The third kappa shape index (κ3) is 2.61. The molecule has 1 fully saturated rings. The first-order valence-corrected chi connectivity index (χ1v) is 8.09. The Bertz CT molecular complexity index is 1010. The maximum Gasteiger partial charge on any atom is 0.417 e. The van der Waals surface area contributed by atoms with Crippen molar-refractivity contribution in [1.82, 2.24) is 15.0 Å². The molecular weight excluding hydrogens is 347 g/mol. The summed E-state index contributed by atoms with van der Waals surface area (Å²) in [5, 5.41) is 4.26. The van der Waals surface area contributed by atoms with Crippen molar-refractivity contribution in [2.24, 2.45) is 0 Å². The molecule has 0 unspecified atom stereocenters. The number of likely N-dealkylation sites (tertiary alicyclic amines) is 1. The Morgan fingerprint density at radius 2 is 1.96 bits per heavy atom. The van der Waals surface area contributed by atoms with E-state index in [-0.39, 0.29) is 28.4 Å². The van der Waals surface area contributed by atoms with Gasteiger partial charge < -0.3 is 9.42 Å². The van der Waals surface area contributed by atoms with Crippen LogP contribution in [-0.2, 0) is 6.18 Å². The average Bonchev–Trinajstić information content (AvgIpc) is 2.93. The SMILES string of the molecule is Cc1noc2nc(-c3ccccc3C(F)(F)F)cc(C(=O)N3CCC3)c12. The van der Waals surface area contributed by atoms with Crippen LogP contribution in [0.4, 0.5) is 13.2 Å². The summed E-state index contributed by atoms with van der Waals surface area (Å²) in [6, 6.07) is 6.54. The highest BCUT2D eigenvalue weighted by molar-refractivity contribution is 6.07. The average molecular weight is 361 g/mol. The van der Waals surface area contributed by atoms with Crippen molar-refractivity contribution in [2.45, 2.75) is 19.5 Å². The van der Waals surface area contributed by atoms with Gasteiger partial charge in [-0.3, -0.25) is 4.79 Å². The molecule has 0 radical (unpaired) electrons. The highest BCUT2D eigenvalue weighted by Gasteiger charge is 2.34. The van der Waals surface area contributed by atoms with Gasteiger partial charge >= 0.3 is 6.18 Å². The van der Waals surface area contributed by atoms with Gasteiger partial charge in [-0.1, -0.05) is 23.4 Å². The number of carbonyl (C=O) groups excluding carboxylic acids is 1. The second kappa shape index (κ2) is 5.82. The largest absolute Gasteiger partial charge is 0.417 e. The molecular formula is C18H14F3N3O2. The molecule has 1 amide bonds. The summed E-state index contributed by atoms with van der Waals surface area (Å²) < 4.78 is 45.2. The molecule has 134 valence electrons. The van der Waals surface area contributed by atoms with E-state index in [0.717, 1.165) is 12.5 Å². The standard InChI is InChI=1S/C18H14F3N3O2/c1-10-15-12(17(25)24-7-4-8-24)9-14(22-16(15)26-23-10)11-5-2-3-6-13(11)18(19,20)21/h2-3,5-6,9H,4,7-8H2,1H3. The Labute approximate surface area is 146 Å². The summed E-state index contributed by atoms with van der Waals surface area (Å²) in [4.78, 5) is 18.6. The quantitative estimate of drug-likeness (QED) is 0.691. The van der Waals surface area contributed by atoms with Crippen molar-refractivity contribution in [3.63, 3.8) is 0 Å². The van der Waals surface area contributed by atoms with Gasteiger partial charge in [0.2, 0.25) is 0 Å². The summed E-state index contributed by atoms with van der Waals surface area (Å²) >= 11 is 0. The second-order valence-corrected chi connectivity index (χ2v) is 6.19.